The molecule has 0 fully saturated rings. The van der Waals surface area contributed by atoms with Crippen molar-refractivity contribution in [3.63, 3.8) is 0 Å². The lowest BCUT2D eigenvalue weighted by Gasteiger charge is -2.08. The van der Waals surface area contributed by atoms with Crippen LogP contribution >= 0.6 is 0 Å². The maximum atomic E-state index is 9.08. The Kier molecular flexibility index (Phi) is 3.60. The zero-order valence-electron chi connectivity index (χ0n) is 10.4. The van der Waals surface area contributed by atoms with Gasteiger partial charge in [0.1, 0.15) is 0 Å². The maximum Gasteiger partial charge on any atom is 0.0681 e. The largest absolute Gasteiger partial charge is 0.392 e. The highest BCUT2D eigenvalue weighted by atomic mass is 16.3. The van der Waals surface area contributed by atoms with Crippen LogP contribution < -0.4 is 0 Å². The van der Waals surface area contributed by atoms with Gasteiger partial charge in [-0.15, -0.1) is 0 Å². The normalized spacial score (nSPS) is 10.5. The van der Waals surface area contributed by atoms with E-state index in [4.69, 9.17) is 5.11 Å². The monoisotopic (exact) mass is 226 g/mol. The Labute approximate surface area is 103 Å². The zero-order chi connectivity index (χ0) is 12.3. The molecule has 0 bridgehead atoms. The van der Waals surface area contributed by atoms with Gasteiger partial charge in [0.25, 0.3) is 0 Å². The van der Waals surface area contributed by atoms with Crippen molar-refractivity contribution in [2.75, 3.05) is 0 Å². The van der Waals surface area contributed by atoms with Gasteiger partial charge in [0, 0.05) is 0 Å². The summed E-state index contributed by atoms with van der Waals surface area (Å²) in [5, 5.41) is 9.08. The lowest BCUT2D eigenvalue weighted by molar-refractivity contribution is 0.281. The molecule has 0 unspecified atom stereocenters. The molecule has 0 saturated carbocycles. The quantitative estimate of drug-likeness (QED) is 0.850. The average Bonchev–Trinajstić information content (AvgIpc) is 2.32. The number of aliphatic hydroxyl groups is 1. The standard InChI is InChI=1S/C16H18O/c1-12-4-3-5-14(8-12)10-16-7-6-15(11-17)9-13(16)2/h3-9,17H,10-11H2,1-2H3. The maximum absolute atomic E-state index is 9.08. The number of rotatable bonds is 3. The van der Waals surface area contributed by atoms with Crippen LogP contribution in [-0.2, 0) is 13.0 Å². The van der Waals surface area contributed by atoms with E-state index < -0.39 is 0 Å². The van der Waals surface area contributed by atoms with E-state index in [-0.39, 0.29) is 6.61 Å². The van der Waals surface area contributed by atoms with E-state index in [1.165, 1.54) is 22.3 Å². The molecule has 0 atom stereocenters. The summed E-state index contributed by atoms with van der Waals surface area (Å²) in [5.41, 5.74) is 6.19. The van der Waals surface area contributed by atoms with Gasteiger partial charge in [-0.2, -0.15) is 0 Å². The van der Waals surface area contributed by atoms with Crippen molar-refractivity contribution in [2.24, 2.45) is 0 Å². The molecule has 1 nitrogen and oxygen atoms in total. The predicted molar refractivity (Wildman–Crippen MR) is 71.1 cm³/mol. The SMILES string of the molecule is Cc1cccc(Cc2ccc(CO)cc2C)c1. The fourth-order valence-corrected chi connectivity index (χ4v) is 2.10. The molecule has 2 aromatic carbocycles. The Balaban J connectivity index is 2.24. The van der Waals surface area contributed by atoms with Crippen molar-refractivity contribution in [1.29, 1.82) is 0 Å². The fraction of sp³-hybridized carbons (Fsp3) is 0.250. The molecule has 1 heteroatoms. The lowest BCUT2D eigenvalue weighted by Crippen LogP contribution is -1.94. The van der Waals surface area contributed by atoms with E-state index in [1.54, 1.807) is 0 Å². The van der Waals surface area contributed by atoms with Gasteiger partial charge in [0.2, 0.25) is 0 Å². The van der Waals surface area contributed by atoms with Crippen molar-refractivity contribution in [3.8, 4) is 0 Å². The van der Waals surface area contributed by atoms with Crippen LogP contribution in [0.25, 0.3) is 0 Å². The Hall–Kier alpha value is -1.60. The summed E-state index contributed by atoms with van der Waals surface area (Å²) in [6.07, 6.45) is 0.958. The fourth-order valence-electron chi connectivity index (χ4n) is 2.10. The molecular weight excluding hydrogens is 208 g/mol. The number of benzene rings is 2. The van der Waals surface area contributed by atoms with E-state index >= 15 is 0 Å². The van der Waals surface area contributed by atoms with E-state index in [2.05, 4.69) is 50.2 Å². The Bertz CT molecular complexity index is 515. The Morgan fingerprint density at radius 3 is 2.41 bits per heavy atom. The molecule has 0 spiro atoms. The molecule has 0 heterocycles. The first-order valence-electron chi connectivity index (χ1n) is 5.94. The van der Waals surface area contributed by atoms with Crippen LogP contribution in [0.4, 0.5) is 0 Å². The van der Waals surface area contributed by atoms with Crippen LogP contribution in [0.1, 0.15) is 27.8 Å². The van der Waals surface area contributed by atoms with Crippen molar-refractivity contribution < 1.29 is 5.11 Å². The summed E-state index contributed by atoms with van der Waals surface area (Å²) in [7, 11) is 0. The second-order valence-electron chi connectivity index (χ2n) is 4.58. The third-order valence-electron chi connectivity index (χ3n) is 3.07. The van der Waals surface area contributed by atoms with Crippen LogP contribution in [0.3, 0.4) is 0 Å². The van der Waals surface area contributed by atoms with Gasteiger partial charge in [-0.3, -0.25) is 0 Å². The summed E-state index contributed by atoms with van der Waals surface area (Å²) >= 11 is 0. The molecule has 0 radical (unpaired) electrons. The molecule has 0 saturated heterocycles. The first kappa shape index (κ1) is 11.9. The highest BCUT2D eigenvalue weighted by Crippen LogP contribution is 2.16. The van der Waals surface area contributed by atoms with Crippen molar-refractivity contribution in [2.45, 2.75) is 26.9 Å². The molecular formula is C16H18O. The minimum Gasteiger partial charge on any atom is -0.392 e. The number of aliphatic hydroxyl groups excluding tert-OH is 1. The Morgan fingerprint density at radius 2 is 1.76 bits per heavy atom. The van der Waals surface area contributed by atoms with Crippen LogP contribution in [0.5, 0.6) is 0 Å². The summed E-state index contributed by atoms with van der Waals surface area (Å²) in [5.74, 6) is 0. The third kappa shape index (κ3) is 2.95. The average molecular weight is 226 g/mol. The summed E-state index contributed by atoms with van der Waals surface area (Å²) in [6, 6.07) is 14.8. The van der Waals surface area contributed by atoms with E-state index in [1.807, 2.05) is 6.07 Å². The van der Waals surface area contributed by atoms with Crippen LogP contribution in [0.2, 0.25) is 0 Å². The van der Waals surface area contributed by atoms with Crippen molar-refractivity contribution >= 4 is 0 Å². The second-order valence-corrected chi connectivity index (χ2v) is 4.58. The molecule has 2 aromatic rings. The molecule has 0 aliphatic carbocycles. The van der Waals surface area contributed by atoms with Gasteiger partial charge in [0.05, 0.1) is 6.61 Å². The number of aryl methyl sites for hydroxylation is 2. The van der Waals surface area contributed by atoms with E-state index in [0.717, 1.165) is 12.0 Å². The summed E-state index contributed by atoms with van der Waals surface area (Å²) in [4.78, 5) is 0. The van der Waals surface area contributed by atoms with Crippen LogP contribution in [-0.4, -0.2) is 5.11 Å². The second kappa shape index (κ2) is 5.15. The molecule has 0 amide bonds. The molecule has 0 aliphatic heterocycles. The number of hydrogen-bond donors (Lipinski definition) is 1. The molecule has 88 valence electrons. The minimum absolute atomic E-state index is 0.117. The predicted octanol–water partition coefficient (Wildman–Crippen LogP) is 3.39. The van der Waals surface area contributed by atoms with Gasteiger partial charge in [-0.25, -0.2) is 0 Å². The van der Waals surface area contributed by atoms with Crippen molar-refractivity contribution in [3.05, 3.63) is 70.3 Å². The highest BCUT2D eigenvalue weighted by Gasteiger charge is 2.01. The van der Waals surface area contributed by atoms with Gasteiger partial charge in [0.15, 0.2) is 0 Å². The Morgan fingerprint density at radius 1 is 0.941 bits per heavy atom. The summed E-state index contributed by atoms with van der Waals surface area (Å²) < 4.78 is 0. The molecule has 0 aliphatic rings. The highest BCUT2D eigenvalue weighted by molar-refractivity contribution is 5.35. The van der Waals surface area contributed by atoms with Crippen LogP contribution in [0, 0.1) is 13.8 Å². The smallest absolute Gasteiger partial charge is 0.0681 e. The van der Waals surface area contributed by atoms with E-state index in [9.17, 15) is 0 Å². The third-order valence-corrected chi connectivity index (χ3v) is 3.07. The zero-order valence-corrected chi connectivity index (χ0v) is 10.4. The summed E-state index contributed by atoms with van der Waals surface area (Å²) in [6.45, 7) is 4.33. The number of hydrogen-bond acceptors (Lipinski definition) is 1. The lowest BCUT2D eigenvalue weighted by atomic mass is 9.98. The first-order valence-corrected chi connectivity index (χ1v) is 5.94. The molecule has 1 N–H and O–H groups in total. The van der Waals surface area contributed by atoms with Gasteiger partial charge in [-0.1, -0.05) is 48.0 Å². The van der Waals surface area contributed by atoms with Gasteiger partial charge in [-0.05, 0) is 42.5 Å². The van der Waals surface area contributed by atoms with E-state index in [0.29, 0.717) is 0 Å². The molecule has 17 heavy (non-hydrogen) atoms. The van der Waals surface area contributed by atoms with Crippen LogP contribution in [0.15, 0.2) is 42.5 Å². The molecule has 0 aromatic heterocycles. The van der Waals surface area contributed by atoms with Crippen molar-refractivity contribution in [1.82, 2.24) is 0 Å². The minimum atomic E-state index is 0.117. The topological polar surface area (TPSA) is 20.2 Å². The van der Waals surface area contributed by atoms with Gasteiger partial charge < -0.3 is 5.11 Å². The molecule has 2 rings (SSSR count). The van der Waals surface area contributed by atoms with Gasteiger partial charge >= 0.3 is 0 Å². The first-order chi connectivity index (χ1) is 8.19.